The number of benzene rings is 2. The highest BCUT2D eigenvalue weighted by atomic mass is 79.9. The van der Waals surface area contributed by atoms with Crippen molar-refractivity contribution >= 4 is 45.0 Å². The number of amides is 1. The van der Waals surface area contributed by atoms with Crippen molar-refractivity contribution in [2.45, 2.75) is 19.4 Å². The zero-order chi connectivity index (χ0) is 18.0. The topological polar surface area (TPSA) is 77.8 Å². The van der Waals surface area contributed by atoms with Crippen LogP contribution in [0.5, 0.6) is 0 Å². The van der Waals surface area contributed by atoms with Gasteiger partial charge in [-0.15, -0.1) is 0 Å². The molecule has 1 amide bonds. The van der Waals surface area contributed by atoms with Gasteiger partial charge in [-0.3, -0.25) is 14.6 Å². The van der Waals surface area contributed by atoms with Crippen molar-refractivity contribution in [3.63, 3.8) is 0 Å². The maximum Gasteiger partial charge on any atom is 0.259 e. The molecule has 25 heavy (non-hydrogen) atoms. The summed E-state index contributed by atoms with van der Waals surface area (Å²) in [5.41, 5.74) is 1.90. The van der Waals surface area contributed by atoms with E-state index in [1.165, 1.54) is 0 Å². The van der Waals surface area contributed by atoms with Crippen molar-refractivity contribution in [2.24, 2.45) is 0 Å². The van der Waals surface area contributed by atoms with Crippen molar-refractivity contribution < 1.29 is 4.79 Å². The Hall–Kier alpha value is -2.25. The van der Waals surface area contributed by atoms with Gasteiger partial charge in [0.2, 0.25) is 0 Å². The van der Waals surface area contributed by atoms with E-state index >= 15 is 0 Å². The number of halogens is 1. The molecule has 0 aliphatic heterocycles. The van der Waals surface area contributed by atoms with E-state index in [1.807, 2.05) is 31.2 Å². The van der Waals surface area contributed by atoms with Crippen LogP contribution in [0.4, 0.5) is 0 Å². The van der Waals surface area contributed by atoms with Gasteiger partial charge in [-0.05, 0) is 61.5 Å². The molecule has 0 radical (unpaired) electrons. The molecule has 3 aromatic rings. The van der Waals surface area contributed by atoms with Gasteiger partial charge in [-0.25, -0.2) is 0 Å². The Morgan fingerprint density at radius 1 is 1.20 bits per heavy atom. The summed E-state index contributed by atoms with van der Waals surface area (Å²) in [5, 5.41) is 3.44. The Balaban J connectivity index is 1.76. The Labute approximate surface area is 157 Å². The summed E-state index contributed by atoms with van der Waals surface area (Å²) < 4.78 is 1.26. The van der Waals surface area contributed by atoms with Crippen LogP contribution in [-0.4, -0.2) is 21.9 Å². The van der Waals surface area contributed by atoms with Crippen molar-refractivity contribution in [2.75, 3.05) is 0 Å². The lowest BCUT2D eigenvalue weighted by Gasteiger charge is -2.14. The normalized spacial score (nSPS) is 12.1. The summed E-state index contributed by atoms with van der Waals surface area (Å²) in [6.07, 6.45) is 0.731. The molecule has 3 N–H and O–H groups in total. The van der Waals surface area contributed by atoms with Crippen LogP contribution in [-0.2, 0) is 6.42 Å². The van der Waals surface area contributed by atoms with Crippen LogP contribution in [0.25, 0.3) is 10.9 Å². The first-order valence-corrected chi connectivity index (χ1v) is 8.94. The molecule has 0 spiro atoms. The number of H-pyrrole nitrogens is 2. The molecule has 128 valence electrons. The van der Waals surface area contributed by atoms with Crippen LogP contribution < -0.4 is 10.9 Å². The fourth-order valence-electron chi connectivity index (χ4n) is 2.64. The molecular weight excluding hydrogens is 402 g/mol. The van der Waals surface area contributed by atoms with Crippen molar-refractivity contribution in [3.8, 4) is 0 Å². The largest absolute Gasteiger partial charge is 0.349 e. The summed E-state index contributed by atoms with van der Waals surface area (Å²) >= 11 is 8.38. The van der Waals surface area contributed by atoms with Crippen LogP contribution in [0.2, 0.25) is 0 Å². The second-order valence-corrected chi connectivity index (χ2v) is 7.20. The predicted molar refractivity (Wildman–Crippen MR) is 105 cm³/mol. The third kappa shape index (κ3) is 4.24. The summed E-state index contributed by atoms with van der Waals surface area (Å²) in [7, 11) is 0. The van der Waals surface area contributed by atoms with Gasteiger partial charge in [0, 0.05) is 16.1 Å². The molecule has 1 atom stereocenters. The Morgan fingerprint density at radius 3 is 2.64 bits per heavy atom. The molecule has 0 fully saturated rings. The Kier molecular flexibility index (Phi) is 5.15. The van der Waals surface area contributed by atoms with E-state index in [4.69, 9.17) is 12.2 Å². The molecule has 7 heteroatoms. The van der Waals surface area contributed by atoms with Crippen molar-refractivity contribution in [1.82, 2.24) is 15.3 Å². The fourth-order valence-corrected chi connectivity index (χ4v) is 3.11. The number of fused-ring (bicyclic) bond motifs is 1. The van der Waals surface area contributed by atoms with Crippen LogP contribution in [0.1, 0.15) is 22.8 Å². The lowest BCUT2D eigenvalue weighted by molar-refractivity contribution is 0.0940. The molecule has 1 heterocycles. The quantitative estimate of drug-likeness (QED) is 0.566. The molecule has 3 rings (SSSR count). The van der Waals surface area contributed by atoms with Crippen LogP contribution in [0.3, 0.4) is 0 Å². The van der Waals surface area contributed by atoms with Crippen molar-refractivity contribution in [3.05, 3.63) is 73.2 Å². The Morgan fingerprint density at radius 2 is 1.92 bits per heavy atom. The number of nitrogens with one attached hydrogen (secondary N) is 3. The summed E-state index contributed by atoms with van der Waals surface area (Å²) in [5.74, 6) is -0.189. The summed E-state index contributed by atoms with van der Waals surface area (Å²) in [6.45, 7) is 1.96. The van der Waals surface area contributed by atoms with Gasteiger partial charge in [-0.2, -0.15) is 0 Å². The van der Waals surface area contributed by atoms with Gasteiger partial charge in [0.05, 0.1) is 10.9 Å². The molecule has 2 aromatic carbocycles. The first kappa shape index (κ1) is 17.6. The molecular formula is C18H16BrN3O2S. The number of hydrogen-bond acceptors (Lipinski definition) is 3. The third-order valence-corrected chi connectivity index (χ3v) is 4.57. The number of carbonyl (C=O) groups is 1. The van der Waals surface area contributed by atoms with Gasteiger partial charge in [0.15, 0.2) is 4.77 Å². The number of hydrogen-bond donors (Lipinski definition) is 3. The SMILES string of the molecule is C[C@@H](Cc1ccc(Br)cc1)NC(=O)c1ccc2c(=O)[nH]c(=S)[nH]c2c1. The van der Waals surface area contributed by atoms with Gasteiger partial charge in [0.25, 0.3) is 11.5 Å². The minimum atomic E-state index is -0.269. The molecule has 5 nitrogen and oxygen atoms in total. The monoisotopic (exact) mass is 417 g/mol. The molecule has 0 aliphatic carbocycles. The second-order valence-electron chi connectivity index (χ2n) is 5.87. The third-order valence-electron chi connectivity index (χ3n) is 3.83. The zero-order valence-corrected chi connectivity index (χ0v) is 15.8. The van der Waals surface area contributed by atoms with E-state index < -0.39 is 0 Å². The molecule has 0 saturated heterocycles. The maximum absolute atomic E-state index is 12.5. The van der Waals surface area contributed by atoms with Gasteiger partial charge < -0.3 is 10.3 Å². The molecule has 1 aromatic heterocycles. The lowest BCUT2D eigenvalue weighted by Crippen LogP contribution is -2.34. The highest BCUT2D eigenvalue weighted by molar-refractivity contribution is 9.10. The number of rotatable bonds is 4. The van der Waals surface area contributed by atoms with Gasteiger partial charge in [-0.1, -0.05) is 28.1 Å². The van der Waals surface area contributed by atoms with E-state index in [2.05, 4.69) is 31.2 Å². The highest BCUT2D eigenvalue weighted by Crippen LogP contribution is 2.13. The van der Waals surface area contributed by atoms with E-state index in [-0.39, 0.29) is 22.3 Å². The maximum atomic E-state index is 12.5. The second kappa shape index (κ2) is 7.33. The lowest BCUT2D eigenvalue weighted by atomic mass is 10.1. The Bertz CT molecular complexity index is 1040. The molecule has 0 saturated carbocycles. The standard InChI is InChI=1S/C18H16BrN3O2S/c1-10(8-11-2-5-13(19)6-3-11)20-16(23)12-4-7-14-15(9-12)21-18(25)22-17(14)24/h2-7,9-10H,8H2,1H3,(H,20,23)(H2,21,22,24,25)/t10-/m0/s1. The van der Waals surface area contributed by atoms with Crippen LogP contribution in [0, 0.1) is 4.77 Å². The smallest absolute Gasteiger partial charge is 0.259 e. The van der Waals surface area contributed by atoms with E-state index in [1.54, 1.807) is 18.2 Å². The van der Waals surface area contributed by atoms with Crippen molar-refractivity contribution in [1.29, 1.82) is 0 Å². The van der Waals surface area contributed by atoms with Gasteiger partial charge >= 0.3 is 0 Å². The van der Waals surface area contributed by atoms with E-state index in [0.717, 1.165) is 16.5 Å². The highest BCUT2D eigenvalue weighted by Gasteiger charge is 2.12. The predicted octanol–water partition coefficient (Wildman–Crippen LogP) is 3.71. The summed E-state index contributed by atoms with van der Waals surface area (Å²) in [6, 6.07) is 12.9. The molecule has 0 bridgehead atoms. The fraction of sp³-hybridized carbons (Fsp3) is 0.167. The summed E-state index contributed by atoms with van der Waals surface area (Å²) in [4.78, 5) is 29.7. The number of carbonyl (C=O) groups excluding carboxylic acids is 1. The minimum absolute atomic E-state index is 0.0259. The molecule has 0 unspecified atom stereocenters. The van der Waals surface area contributed by atoms with E-state index in [0.29, 0.717) is 16.5 Å². The van der Waals surface area contributed by atoms with E-state index in [9.17, 15) is 9.59 Å². The first-order chi connectivity index (χ1) is 11.9. The first-order valence-electron chi connectivity index (χ1n) is 7.74. The zero-order valence-electron chi connectivity index (χ0n) is 13.4. The van der Waals surface area contributed by atoms with Crippen LogP contribution in [0.15, 0.2) is 51.7 Å². The van der Waals surface area contributed by atoms with Gasteiger partial charge in [0.1, 0.15) is 0 Å². The van der Waals surface area contributed by atoms with Crippen LogP contribution >= 0.6 is 28.1 Å². The average molecular weight is 418 g/mol. The minimum Gasteiger partial charge on any atom is -0.349 e. The number of aromatic nitrogens is 2. The number of aromatic amines is 2. The molecule has 0 aliphatic rings. The average Bonchev–Trinajstić information content (AvgIpc) is 2.56.